The second-order valence-corrected chi connectivity index (χ2v) is 10.3. The summed E-state index contributed by atoms with van der Waals surface area (Å²) in [6.07, 6.45) is 0.790. The van der Waals surface area contributed by atoms with E-state index in [4.69, 9.17) is 5.73 Å². The van der Waals surface area contributed by atoms with E-state index in [1.54, 1.807) is 6.07 Å². The first-order chi connectivity index (χ1) is 15.9. The Hall–Kier alpha value is -2.84. The van der Waals surface area contributed by atoms with Gasteiger partial charge in [-0.2, -0.15) is 18.3 Å². The molecular weight excluding hydrogens is 445 g/mol. The van der Waals surface area contributed by atoms with Crippen molar-refractivity contribution in [1.29, 1.82) is 0 Å². The molecule has 1 aromatic heterocycles. The molecule has 0 bridgehead atoms. The molecule has 9 heteroatoms. The van der Waals surface area contributed by atoms with Gasteiger partial charge in [0.15, 0.2) is 11.5 Å². The summed E-state index contributed by atoms with van der Waals surface area (Å²) in [7, 11) is 0. The highest BCUT2D eigenvalue weighted by Gasteiger charge is 2.45. The van der Waals surface area contributed by atoms with Gasteiger partial charge in [-0.3, -0.25) is 9.59 Å². The molecule has 0 unspecified atom stereocenters. The number of nitrogens with zero attached hydrogens (tertiary/aromatic N) is 2. The largest absolute Gasteiger partial charge is 0.435 e. The predicted octanol–water partition coefficient (Wildman–Crippen LogP) is 5.53. The predicted molar refractivity (Wildman–Crippen MR) is 123 cm³/mol. The van der Waals surface area contributed by atoms with Crippen LogP contribution in [0.1, 0.15) is 91.4 Å². The minimum Gasteiger partial charge on any atom is -0.381 e. The Labute approximate surface area is 197 Å². The average Bonchev–Trinajstić information content (AvgIpc) is 3.13. The van der Waals surface area contributed by atoms with Crippen LogP contribution in [0.2, 0.25) is 0 Å². The third-order valence-electron chi connectivity index (χ3n) is 7.10. The van der Waals surface area contributed by atoms with Gasteiger partial charge in [-0.05, 0) is 48.8 Å². The number of benzene rings is 1. The number of anilines is 1. The van der Waals surface area contributed by atoms with E-state index in [9.17, 15) is 22.8 Å². The van der Waals surface area contributed by atoms with Gasteiger partial charge < -0.3 is 11.1 Å². The number of aromatic nitrogens is 2. The summed E-state index contributed by atoms with van der Waals surface area (Å²) in [6.45, 7) is 5.84. The molecule has 184 valence electrons. The second-order valence-electron chi connectivity index (χ2n) is 10.3. The highest BCUT2D eigenvalue weighted by atomic mass is 19.4. The molecule has 34 heavy (non-hydrogen) atoms. The Kier molecular flexibility index (Phi) is 6.25. The van der Waals surface area contributed by atoms with Crippen LogP contribution in [0.15, 0.2) is 18.2 Å². The molecule has 0 spiro atoms. The van der Waals surface area contributed by atoms with Gasteiger partial charge in [0.1, 0.15) is 0 Å². The fourth-order valence-electron chi connectivity index (χ4n) is 5.44. The molecule has 2 aliphatic rings. The van der Waals surface area contributed by atoms with Gasteiger partial charge in [0.05, 0.1) is 22.5 Å². The standard InChI is InChI=1S/C25H31F3N4O2/c1-4-14-7-5-6-8-17(14)30-18-11-15(9-10-16(18)23(29)34)32-19-12-24(2,3)13-20(33)21(19)22(31-32)25(26,27)28/h9-11,14,17,30H,4-8,12-13H2,1-3H3,(H2,29,34)/t14-,17-/m1/s1. The van der Waals surface area contributed by atoms with Gasteiger partial charge in [0.25, 0.3) is 5.91 Å². The van der Waals surface area contributed by atoms with E-state index in [0.29, 0.717) is 17.3 Å². The molecule has 2 aromatic rings. The summed E-state index contributed by atoms with van der Waals surface area (Å²) < 4.78 is 42.6. The van der Waals surface area contributed by atoms with E-state index in [0.717, 1.165) is 32.1 Å². The molecule has 4 rings (SSSR count). The molecule has 1 aromatic carbocycles. The van der Waals surface area contributed by atoms with Crippen LogP contribution in [0.25, 0.3) is 5.69 Å². The number of hydrogen-bond donors (Lipinski definition) is 2. The van der Waals surface area contributed by atoms with Crippen LogP contribution in [-0.4, -0.2) is 27.5 Å². The van der Waals surface area contributed by atoms with E-state index >= 15 is 0 Å². The molecule has 0 aliphatic heterocycles. The van der Waals surface area contributed by atoms with Crippen LogP contribution in [0.3, 0.4) is 0 Å². The van der Waals surface area contributed by atoms with E-state index in [1.165, 1.54) is 16.8 Å². The number of fused-ring (bicyclic) bond motifs is 1. The maximum atomic E-state index is 13.8. The van der Waals surface area contributed by atoms with Crippen molar-refractivity contribution >= 4 is 17.4 Å². The zero-order chi connectivity index (χ0) is 24.8. The molecule has 2 atom stereocenters. The van der Waals surface area contributed by atoms with Crippen LogP contribution < -0.4 is 11.1 Å². The number of carbonyl (C=O) groups excluding carboxylic acids is 2. The lowest BCUT2D eigenvalue weighted by Crippen LogP contribution is -2.32. The van der Waals surface area contributed by atoms with Crippen LogP contribution >= 0.6 is 0 Å². The molecule has 0 saturated heterocycles. The lowest BCUT2D eigenvalue weighted by molar-refractivity contribution is -0.141. The Balaban J connectivity index is 1.83. The van der Waals surface area contributed by atoms with E-state index in [-0.39, 0.29) is 35.7 Å². The molecule has 3 N–H and O–H groups in total. The van der Waals surface area contributed by atoms with Crippen molar-refractivity contribution in [1.82, 2.24) is 9.78 Å². The number of alkyl halides is 3. The molecular formula is C25H31F3N4O2. The van der Waals surface area contributed by atoms with Crippen molar-refractivity contribution in [3.8, 4) is 5.69 Å². The van der Waals surface area contributed by atoms with Gasteiger partial charge in [-0.1, -0.05) is 40.0 Å². The molecule has 0 radical (unpaired) electrons. The highest BCUT2D eigenvalue weighted by molar-refractivity contribution is 6.00. The zero-order valence-corrected chi connectivity index (χ0v) is 19.8. The number of amides is 1. The number of halogens is 3. The van der Waals surface area contributed by atoms with Gasteiger partial charge in [-0.15, -0.1) is 0 Å². The normalized spacial score (nSPS) is 22.4. The fraction of sp³-hybridized carbons (Fsp3) is 0.560. The zero-order valence-electron chi connectivity index (χ0n) is 19.8. The van der Waals surface area contributed by atoms with E-state index < -0.39 is 29.0 Å². The van der Waals surface area contributed by atoms with Crippen molar-refractivity contribution in [3.05, 3.63) is 40.7 Å². The molecule has 1 heterocycles. The Bertz CT molecular complexity index is 1120. The minimum atomic E-state index is -4.75. The maximum Gasteiger partial charge on any atom is 0.435 e. The lowest BCUT2D eigenvalue weighted by Gasteiger charge is -2.33. The van der Waals surface area contributed by atoms with Crippen molar-refractivity contribution in [2.45, 2.75) is 77.9 Å². The SMILES string of the molecule is CC[C@@H]1CCCC[C@H]1Nc1cc(-n2nc(C(F)(F)F)c3c2CC(C)(C)CC3=O)ccc1C(N)=O. The number of primary amides is 1. The molecule has 6 nitrogen and oxygen atoms in total. The Morgan fingerprint density at radius 3 is 2.59 bits per heavy atom. The number of nitrogens with two attached hydrogens (primary N) is 1. The first-order valence-electron chi connectivity index (χ1n) is 11.8. The van der Waals surface area contributed by atoms with Crippen LogP contribution in [-0.2, 0) is 12.6 Å². The van der Waals surface area contributed by atoms with Gasteiger partial charge in [0, 0.05) is 18.2 Å². The molecule has 1 amide bonds. The number of nitrogens with one attached hydrogen (secondary N) is 1. The highest BCUT2D eigenvalue weighted by Crippen LogP contribution is 2.42. The monoisotopic (exact) mass is 476 g/mol. The third-order valence-corrected chi connectivity index (χ3v) is 7.10. The average molecular weight is 477 g/mol. The third kappa shape index (κ3) is 4.57. The number of Topliss-reactive ketones (excluding diaryl/α,β-unsaturated/α-hetero) is 1. The fourth-order valence-corrected chi connectivity index (χ4v) is 5.44. The first kappa shape index (κ1) is 24.3. The van der Waals surface area contributed by atoms with Crippen LogP contribution in [0, 0.1) is 11.3 Å². The number of ketones is 1. The summed E-state index contributed by atoms with van der Waals surface area (Å²) in [5.74, 6) is -0.733. The van der Waals surface area contributed by atoms with Crippen molar-refractivity contribution < 1.29 is 22.8 Å². The smallest absolute Gasteiger partial charge is 0.381 e. The molecule has 2 aliphatic carbocycles. The number of rotatable bonds is 5. The number of carbonyl (C=O) groups is 2. The summed E-state index contributed by atoms with van der Waals surface area (Å²) in [6, 6.07) is 4.81. The number of hydrogen-bond acceptors (Lipinski definition) is 4. The van der Waals surface area contributed by atoms with Crippen molar-refractivity contribution in [3.63, 3.8) is 0 Å². The van der Waals surface area contributed by atoms with E-state index in [2.05, 4.69) is 17.3 Å². The summed E-state index contributed by atoms with van der Waals surface area (Å²) in [5.41, 5.74) is 4.97. The minimum absolute atomic E-state index is 0.0300. The maximum absolute atomic E-state index is 13.8. The first-order valence-corrected chi connectivity index (χ1v) is 11.8. The van der Waals surface area contributed by atoms with Gasteiger partial charge in [0.2, 0.25) is 0 Å². The van der Waals surface area contributed by atoms with Gasteiger partial charge >= 0.3 is 6.18 Å². The summed E-state index contributed by atoms with van der Waals surface area (Å²) in [4.78, 5) is 24.9. The summed E-state index contributed by atoms with van der Waals surface area (Å²) >= 11 is 0. The van der Waals surface area contributed by atoms with Crippen molar-refractivity contribution in [2.75, 3.05) is 5.32 Å². The van der Waals surface area contributed by atoms with Gasteiger partial charge in [-0.25, -0.2) is 4.68 Å². The Morgan fingerprint density at radius 2 is 1.94 bits per heavy atom. The topological polar surface area (TPSA) is 90.0 Å². The second kappa shape index (κ2) is 8.74. The summed E-state index contributed by atoms with van der Waals surface area (Å²) in [5, 5.41) is 7.32. The Morgan fingerprint density at radius 1 is 1.24 bits per heavy atom. The quantitative estimate of drug-likeness (QED) is 0.594. The molecule has 1 saturated carbocycles. The van der Waals surface area contributed by atoms with Crippen LogP contribution in [0.5, 0.6) is 0 Å². The van der Waals surface area contributed by atoms with E-state index in [1.807, 2.05) is 13.8 Å². The van der Waals surface area contributed by atoms with Crippen LogP contribution in [0.4, 0.5) is 18.9 Å². The lowest BCUT2D eigenvalue weighted by atomic mass is 9.75. The van der Waals surface area contributed by atoms with Crippen molar-refractivity contribution in [2.24, 2.45) is 17.1 Å². The molecule has 1 fully saturated rings.